The molecule has 14 heavy (non-hydrogen) atoms. The second kappa shape index (κ2) is 3.10. The average molecular weight is 191 g/mol. The van der Waals surface area contributed by atoms with Crippen LogP contribution in [0.15, 0.2) is 30.3 Å². The monoisotopic (exact) mass is 191 g/mol. The Labute approximate surface area is 82.9 Å². The van der Waals surface area contributed by atoms with E-state index >= 15 is 0 Å². The van der Waals surface area contributed by atoms with Crippen molar-refractivity contribution in [1.29, 1.82) is 0 Å². The maximum Gasteiger partial charge on any atom is 0.326 e. The molecule has 1 fully saturated rings. The van der Waals surface area contributed by atoms with E-state index in [9.17, 15) is 4.79 Å². The third kappa shape index (κ3) is 1.30. The molecular formula is C11H13NO2. The van der Waals surface area contributed by atoms with Crippen LogP contribution in [-0.2, 0) is 9.53 Å². The molecule has 1 aliphatic rings. The molecule has 1 saturated carbocycles. The first-order valence-electron chi connectivity index (χ1n) is 4.61. The van der Waals surface area contributed by atoms with Crippen molar-refractivity contribution >= 4 is 5.97 Å². The van der Waals surface area contributed by atoms with Gasteiger partial charge in [0.25, 0.3) is 0 Å². The molecule has 1 aliphatic carbocycles. The molecular weight excluding hydrogens is 178 g/mol. The maximum atomic E-state index is 11.3. The fourth-order valence-electron chi connectivity index (χ4n) is 1.80. The summed E-state index contributed by atoms with van der Waals surface area (Å²) in [5, 5.41) is 0. The second-order valence-corrected chi connectivity index (χ2v) is 3.70. The first-order chi connectivity index (χ1) is 6.68. The van der Waals surface area contributed by atoms with Crippen LogP contribution in [0.1, 0.15) is 17.9 Å². The molecule has 1 aromatic rings. The predicted molar refractivity (Wildman–Crippen MR) is 52.7 cm³/mol. The van der Waals surface area contributed by atoms with Crippen LogP contribution in [0.4, 0.5) is 0 Å². The molecule has 3 nitrogen and oxygen atoms in total. The number of benzene rings is 1. The van der Waals surface area contributed by atoms with Crippen molar-refractivity contribution < 1.29 is 9.53 Å². The predicted octanol–water partition coefficient (Wildman–Crippen LogP) is 1.04. The highest BCUT2D eigenvalue weighted by Gasteiger charge is 2.58. The summed E-state index contributed by atoms with van der Waals surface area (Å²) < 4.78 is 4.66. The number of carbonyl (C=O) groups excluding carboxylic acids is 1. The Hall–Kier alpha value is -1.35. The fraction of sp³-hybridized carbons (Fsp3) is 0.364. The van der Waals surface area contributed by atoms with Crippen LogP contribution >= 0.6 is 0 Å². The average Bonchev–Trinajstić information content (AvgIpc) is 2.92. The zero-order chi connectivity index (χ0) is 10.2. The molecule has 0 saturated heterocycles. The molecule has 2 N–H and O–H groups in total. The van der Waals surface area contributed by atoms with Crippen molar-refractivity contribution in [2.24, 2.45) is 5.73 Å². The quantitative estimate of drug-likeness (QED) is 0.711. The first kappa shape index (κ1) is 9.21. The van der Waals surface area contributed by atoms with E-state index in [4.69, 9.17) is 5.73 Å². The molecule has 0 radical (unpaired) electrons. The largest absolute Gasteiger partial charge is 0.468 e. The summed E-state index contributed by atoms with van der Waals surface area (Å²) in [6, 6.07) is 9.82. The minimum absolute atomic E-state index is 0.121. The Balaban J connectivity index is 2.16. The van der Waals surface area contributed by atoms with Gasteiger partial charge in [-0.15, -0.1) is 0 Å². The second-order valence-electron chi connectivity index (χ2n) is 3.70. The SMILES string of the molecule is COC(=O)[C@]1(N)C[C@H]1c1ccccc1. The Morgan fingerprint density at radius 2 is 2.14 bits per heavy atom. The van der Waals surface area contributed by atoms with E-state index in [-0.39, 0.29) is 11.9 Å². The van der Waals surface area contributed by atoms with Crippen molar-refractivity contribution in [2.75, 3.05) is 7.11 Å². The van der Waals surface area contributed by atoms with Crippen LogP contribution in [0.5, 0.6) is 0 Å². The minimum Gasteiger partial charge on any atom is -0.468 e. The summed E-state index contributed by atoms with van der Waals surface area (Å²) in [6.45, 7) is 0. The van der Waals surface area contributed by atoms with E-state index in [0.717, 1.165) is 5.56 Å². The number of hydrogen-bond donors (Lipinski definition) is 1. The van der Waals surface area contributed by atoms with Gasteiger partial charge in [-0.2, -0.15) is 0 Å². The highest BCUT2D eigenvalue weighted by molar-refractivity contribution is 5.86. The van der Waals surface area contributed by atoms with Crippen LogP contribution < -0.4 is 5.73 Å². The molecule has 0 unspecified atom stereocenters. The van der Waals surface area contributed by atoms with Crippen molar-refractivity contribution in [3.8, 4) is 0 Å². The van der Waals surface area contributed by atoms with Crippen LogP contribution in [0.2, 0.25) is 0 Å². The van der Waals surface area contributed by atoms with Crippen LogP contribution in [-0.4, -0.2) is 18.6 Å². The normalized spacial score (nSPS) is 29.7. The first-order valence-corrected chi connectivity index (χ1v) is 4.61. The van der Waals surface area contributed by atoms with Gasteiger partial charge in [-0.3, -0.25) is 4.79 Å². The van der Waals surface area contributed by atoms with Crippen molar-refractivity contribution in [3.05, 3.63) is 35.9 Å². The van der Waals surface area contributed by atoms with Gasteiger partial charge in [-0.25, -0.2) is 0 Å². The van der Waals surface area contributed by atoms with Gasteiger partial charge in [0.15, 0.2) is 0 Å². The highest BCUT2D eigenvalue weighted by Crippen LogP contribution is 2.49. The molecule has 2 rings (SSSR count). The van der Waals surface area contributed by atoms with Crippen molar-refractivity contribution in [3.63, 3.8) is 0 Å². The molecule has 0 heterocycles. The maximum absolute atomic E-state index is 11.3. The van der Waals surface area contributed by atoms with Crippen LogP contribution in [0.25, 0.3) is 0 Å². The third-order valence-corrected chi connectivity index (χ3v) is 2.77. The number of hydrogen-bond acceptors (Lipinski definition) is 3. The van der Waals surface area contributed by atoms with Crippen LogP contribution in [0.3, 0.4) is 0 Å². The number of methoxy groups -OCH3 is 1. The summed E-state index contributed by atoms with van der Waals surface area (Å²) in [6.07, 6.45) is 0.684. The van der Waals surface area contributed by atoms with Gasteiger partial charge in [0.1, 0.15) is 5.54 Å². The Morgan fingerprint density at radius 1 is 1.50 bits per heavy atom. The molecule has 0 bridgehead atoms. The van der Waals surface area contributed by atoms with Gasteiger partial charge in [-0.1, -0.05) is 30.3 Å². The van der Waals surface area contributed by atoms with E-state index in [1.165, 1.54) is 7.11 Å². The molecule has 0 spiro atoms. The zero-order valence-electron chi connectivity index (χ0n) is 8.07. The number of esters is 1. The lowest BCUT2D eigenvalue weighted by Gasteiger charge is -2.08. The Morgan fingerprint density at radius 3 is 2.71 bits per heavy atom. The number of rotatable bonds is 2. The fourth-order valence-corrected chi connectivity index (χ4v) is 1.80. The van der Waals surface area contributed by atoms with Gasteiger partial charge in [0.05, 0.1) is 7.11 Å². The zero-order valence-corrected chi connectivity index (χ0v) is 8.07. The standard InChI is InChI=1S/C11H13NO2/c1-14-10(13)11(12)7-9(11)8-5-3-2-4-6-8/h2-6,9H,7,12H2,1H3/t9-,11-/m0/s1. The summed E-state index contributed by atoms with van der Waals surface area (Å²) >= 11 is 0. The molecule has 2 atom stereocenters. The van der Waals surface area contributed by atoms with Gasteiger partial charge in [0, 0.05) is 5.92 Å². The van der Waals surface area contributed by atoms with Gasteiger partial charge >= 0.3 is 5.97 Å². The minimum atomic E-state index is -0.782. The molecule has 0 aliphatic heterocycles. The summed E-state index contributed by atoms with van der Waals surface area (Å²) in [7, 11) is 1.37. The van der Waals surface area contributed by atoms with Gasteiger partial charge in [0.2, 0.25) is 0 Å². The molecule has 3 heteroatoms. The number of ether oxygens (including phenoxy) is 1. The highest BCUT2D eigenvalue weighted by atomic mass is 16.5. The van der Waals surface area contributed by atoms with Gasteiger partial charge in [-0.05, 0) is 12.0 Å². The smallest absolute Gasteiger partial charge is 0.326 e. The molecule has 74 valence electrons. The molecule has 0 aromatic heterocycles. The Kier molecular flexibility index (Phi) is 2.04. The topological polar surface area (TPSA) is 52.3 Å². The van der Waals surface area contributed by atoms with Crippen molar-refractivity contribution in [2.45, 2.75) is 17.9 Å². The molecule has 0 amide bonds. The number of carbonyl (C=O) groups is 1. The van der Waals surface area contributed by atoms with E-state index < -0.39 is 5.54 Å². The van der Waals surface area contributed by atoms with Gasteiger partial charge < -0.3 is 10.5 Å². The lowest BCUT2D eigenvalue weighted by molar-refractivity contribution is -0.143. The lowest BCUT2D eigenvalue weighted by atomic mass is 10.1. The lowest BCUT2D eigenvalue weighted by Crippen LogP contribution is -2.35. The van der Waals surface area contributed by atoms with Crippen molar-refractivity contribution in [1.82, 2.24) is 0 Å². The third-order valence-electron chi connectivity index (χ3n) is 2.77. The molecule has 1 aromatic carbocycles. The summed E-state index contributed by atoms with van der Waals surface area (Å²) in [5.74, 6) is -0.192. The van der Waals surface area contributed by atoms with Crippen LogP contribution in [0, 0.1) is 0 Å². The van der Waals surface area contributed by atoms with E-state index in [0.29, 0.717) is 6.42 Å². The summed E-state index contributed by atoms with van der Waals surface area (Å²) in [4.78, 5) is 11.3. The number of nitrogens with two attached hydrogens (primary N) is 1. The summed E-state index contributed by atoms with van der Waals surface area (Å²) in [5.41, 5.74) is 6.23. The Bertz CT molecular complexity index is 350. The van der Waals surface area contributed by atoms with E-state index in [2.05, 4.69) is 4.74 Å². The van der Waals surface area contributed by atoms with E-state index in [1.807, 2.05) is 30.3 Å². The van der Waals surface area contributed by atoms with E-state index in [1.54, 1.807) is 0 Å².